The molecule has 0 heterocycles. The van der Waals surface area contributed by atoms with Crippen LogP contribution in [0.1, 0.15) is 86.0 Å². The molecule has 28 heavy (non-hydrogen) atoms. The van der Waals surface area contributed by atoms with Crippen LogP contribution in [0.5, 0.6) is 0 Å². The molecule has 0 aromatic rings. The molecule has 3 N–H and O–H groups in total. The van der Waals surface area contributed by atoms with Crippen molar-refractivity contribution in [3.05, 3.63) is 0 Å². The SMILES string of the molecule is CCC(CC)COC=O.CCCCC(CC)COC(=O)C(CCC)S(O)(O)O. The molecule has 8 heteroatoms. The van der Waals surface area contributed by atoms with Gasteiger partial charge in [-0.1, -0.05) is 73.1 Å². The zero-order valence-electron chi connectivity index (χ0n) is 18.3. The van der Waals surface area contributed by atoms with Crippen molar-refractivity contribution in [2.75, 3.05) is 13.2 Å². The van der Waals surface area contributed by atoms with Crippen LogP contribution in [0.25, 0.3) is 0 Å². The molecule has 0 aromatic heterocycles. The molecule has 0 radical (unpaired) electrons. The van der Waals surface area contributed by atoms with Crippen LogP contribution in [0.2, 0.25) is 0 Å². The zero-order chi connectivity index (χ0) is 22.0. The highest BCUT2D eigenvalue weighted by atomic mass is 32.3. The van der Waals surface area contributed by atoms with E-state index in [2.05, 4.69) is 25.5 Å². The number of ether oxygens (including phenoxy) is 2. The molecule has 2 unspecified atom stereocenters. The molecule has 0 bridgehead atoms. The minimum absolute atomic E-state index is 0.212. The molecule has 0 saturated heterocycles. The lowest BCUT2D eigenvalue weighted by molar-refractivity contribution is -0.145. The summed E-state index contributed by atoms with van der Waals surface area (Å²) in [7, 11) is -3.87. The highest BCUT2D eigenvalue weighted by Gasteiger charge is 2.34. The summed E-state index contributed by atoms with van der Waals surface area (Å²) < 4.78 is 37.4. The Morgan fingerprint density at radius 2 is 1.46 bits per heavy atom. The lowest BCUT2D eigenvalue weighted by Gasteiger charge is -2.28. The molecule has 0 amide bonds. The summed E-state index contributed by atoms with van der Waals surface area (Å²) in [5, 5.41) is -1.22. The number of unbranched alkanes of at least 4 members (excludes halogenated alkanes) is 1. The van der Waals surface area contributed by atoms with Crippen LogP contribution in [0.3, 0.4) is 0 Å². The Balaban J connectivity index is 0. The summed E-state index contributed by atoms with van der Waals surface area (Å²) in [6, 6.07) is 0. The highest BCUT2D eigenvalue weighted by molar-refractivity contribution is 8.20. The smallest absolute Gasteiger partial charge is 0.324 e. The normalized spacial score (nSPS) is 13.9. The Hall–Kier alpha value is -0.830. The van der Waals surface area contributed by atoms with Gasteiger partial charge in [-0.15, -0.1) is 0 Å². The van der Waals surface area contributed by atoms with Crippen molar-refractivity contribution < 1.29 is 32.7 Å². The van der Waals surface area contributed by atoms with E-state index >= 15 is 0 Å². The third-order valence-electron chi connectivity index (χ3n) is 4.75. The summed E-state index contributed by atoms with van der Waals surface area (Å²) in [6.07, 6.45) is 7.06. The summed E-state index contributed by atoms with van der Waals surface area (Å²) in [5.74, 6) is 0.140. The van der Waals surface area contributed by atoms with Crippen molar-refractivity contribution in [1.29, 1.82) is 0 Å². The Labute approximate surface area is 172 Å². The topological polar surface area (TPSA) is 113 Å². The summed E-state index contributed by atoms with van der Waals surface area (Å²) >= 11 is 0. The fourth-order valence-corrected chi connectivity index (χ4v) is 3.44. The molecule has 0 aromatic carbocycles. The first-order valence-electron chi connectivity index (χ1n) is 10.4. The Kier molecular flexibility index (Phi) is 19.1. The monoisotopic (exact) mass is 426 g/mol. The van der Waals surface area contributed by atoms with Gasteiger partial charge in [0.05, 0.1) is 24.1 Å². The van der Waals surface area contributed by atoms with Gasteiger partial charge in [-0.3, -0.25) is 9.59 Å². The predicted molar refractivity (Wildman–Crippen MR) is 115 cm³/mol. The fourth-order valence-electron chi connectivity index (χ4n) is 2.56. The quantitative estimate of drug-likeness (QED) is 0.226. The lowest BCUT2D eigenvalue weighted by Crippen LogP contribution is -2.30. The third kappa shape index (κ3) is 15.1. The summed E-state index contributed by atoms with van der Waals surface area (Å²) in [5.41, 5.74) is 0. The Morgan fingerprint density at radius 1 is 0.893 bits per heavy atom. The van der Waals surface area contributed by atoms with E-state index in [9.17, 15) is 23.2 Å². The van der Waals surface area contributed by atoms with E-state index in [-0.39, 0.29) is 13.0 Å². The molecule has 170 valence electrons. The van der Waals surface area contributed by atoms with E-state index in [0.717, 1.165) is 38.5 Å². The highest BCUT2D eigenvalue weighted by Crippen LogP contribution is 2.42. The van der Waals surface area contributed by atoms with Gasteiger partial charge in [0.2, 0.25) is 0 Å². The van der Waals surface area contributed by atoms with E-state index in [1.165, 1.54) is 0 Å². The minimum Gasteiger partial charge on any atom is -0.468 e. The lowest BCUT2D eigenvalue weighted by atomic mass is 10.0. The molecule has 2 atom stereocenters. The van der Waals surface area contributed by atoms with Crippen molar-refractivity contribution in [3.63, 3.8) is 0 Å². The van der Waals surface area contributed by atoms with Gasteiger partial charge < -0.3 is 23.1 Å². The second kappa shape index (κ2) is 18.2. The van der Waals surface area contributed by atoms with Gasteiger partial charge in [0.25, 0.3) is 6.47 Å². The first kappa shape index (κ1) is 29.4. The Morgan fingerprint density at radius 3 is 1.86 bits per heavy atom. The molecule has 0 saturated carbocycles. The van der Waals surface area contributed by atoms with Crippen LogP contribution in [0.15, 0.2) is 0 Å². The maximum absolute atomic E-state index is 11.8. The van der Waals surface area contributed by atoms with Crippen molar-refractivity contribution in [3.8, 4) is 0 Å². The van der Waals surface area contributed by atoms with E-state index < -0.39 is 22.1 Å². The molecular weight excluding hydrogens is 384 g/mol. The van der Waals surface area contributed by atoms with Crippen molar-refractivity contribution in [2.45, 2.75) is 91.2 Å². The number of carbonyl (C=O) groups excluding carboxylic acids is 2. The number of esters is 1. The molecule has 0 spiro atoms. The maximum Gasteiger partial charge on any atom is 0.324 e. The number of hydrogen-bond donors (Lipinski definition) is 3. The second-order valence-electron chi connectivity index (χ2n) is 7.00. The van der Waals surface area contributed by atoms with Crippen molar-refractivity contribution in [2.24, 2.45) is 11.8 Å². The number of rotatable bonds is 15. The minimum atomic E-state index is -3.87. The van der Waals surface area contributed by atoms with Gasteiger partial charge in [0.1, 0.15) is 0 Å². The van der Waals surface area contributed by atoms with Gasteiger partial charge in [0, 0.05) is 0 Å². The molecule has 0 rings (SSSR count). The van der Waals surface area contributed by atoms with Crippen LogP contribution in [0.4, 0.5) is 0 Å². The largest absolute Gasteiger partial charge is 0.468 e. The molecule has 0 aliphatic heterocycles. The van der Waals surface area contributed by atoms with E-state index in [4.69, 9.17) is 4.74 Å². The van der Waals surface area contributed by atoms with Gasteiger partial charge in [-0.2, -0.15) is 0 Å². The van der Waals surface area contributed by atoms with E-state index in [0.29, 0.717) is 31.3 Å². The van der Waals surface area contributed by atoms with Gasteiger partial charge in [0.15, 0.2) is 5.25 Å². The van der Waals surface area contributed by atoms with Crippen LogP contribution in [-0.2, 0) is 19.1 Å². The van der Waals surface area contributed by atoms with Gasteiger partial charge in [-0.25, -0.2) is 0 Å². The standard InChI is InChI=1S/C13H28O5S.C7H14O2/c1-4-7-9-11(6-3)10-18-13(14)12(8-5-2)19(15,16)17;1-3-7(4-2)5-9-6-8/h11-12,15-17H,4-10H2,1-3H3;6-7H,3-5H2,1-2H3. The summed E-state index contributed by atoms with van der Waals surface area (Å²) in [6.45, 7) is 11.5. The molecule has 7 nitrogen and oxygen atoms in total. The molecule has 0 aliphatic rings. The maximum atomic E-state index is 11.8. The molecular formula is C20H42O7S. The zero-order valence-corrected chi connectivity index (χ0v) is 19.1. The summed E-state index contributed by atoms with van der Waals surface area (Å²) in [4.78, 5) is 21.5. The predicted octanol–water partition coefficient (Wildman–Crippen LogP) is 5.73. The van der Waals surface area contributed by atoms with E-state index in [1.807, 2.05) is 13.8 Å². The molecule has 0 fully saturated rings. The van der Waals surface area contributed by atoms with Gasteiger partial charge in [-0.05, 0) is 24.7 Å². The van der Waals surface area contributed by atoms with Crippen LogP contribution >= 0.6 is 10.9 Å². The number of hydrogen-bond acceptors (Lipinski definition) is 7. The number of carbonyl (C=O) groups is 2. The average Bonchev–Trinajstić information content (AvgIpc) is 2.66. The van der Waals surface area contributed by atoms with Crippen molar-refractivity contribution in [1.82, 2.24) is 0 Å². The molecule has 0 aliphatic carbocycles. The average molecular weight is 427 g/mol. The van der Waals surface area contributed by atoms with Crippen LogP contribution in [0, 0.1) is 11.8 Å². The van der Waals surface area contributed by atoms with Crippen LogP contribution in [-0.4, -0.2) is 44.6 Å². The van der Waals surface area contributed by atoms with E-state index in [1.54, 1.807) is 0 Å². The fraction of sp³-hybridized carbons (Fsp3) is 0.900. The van der Waals surface area contributed by atoms with Gasteiger partial charge >= 0.3 is 5.97 Å². The van der Waals surface area contributed by atoms with Crippen LogP contribution < -0.4 is 0 Å². The van der Waals surface area contributed by atoms with Crippen molar-refractivity contribution >= 4 is 23.3 Å². The first-order valence-corrected chi connectivity index (χ1v) is 12.0. The first-order chi connectivity index (χ1) is 13.2. The third-order valence-corrected chi connectivity index (χ3v) is 5.95. The Bertz CT molecular complexity index is 381. The second-order valence-corrected chi connectivity index (χ2v) is 8.69.